The quantitative estimate of drug-likeness (QED) is 0.786. The van der Waals surface area contributed by atoms with E-state index in [1.54, 1.807) is 6.20 Å². The van der Waals surface area contributed by atoms with Gasteiger partial charge in [-0.2, -0.15) is 0 Å². The first-order valence-corrected chi connectivity index (χ1v) is 4.59. The van der Waals surface area contributed by atoms with Gasteiger partial charge in [0, 0.05) is 17.5 Å². The number of hydrogen-bond donors (Lipinski definition) is 1. The predicted octanol–water partition coefficient (Wildman–Crippen LogP) is 3.24. The van der Waals surface area contributed by atoms with Crippen LogP contribution in [0.1, 0.15) is 5.69 Å². The Hall–Kier alpha value is -0.990. The Morgan fingerprint density at radius 1 is 1.21 bits per heavy atom. The van der Waals surface area contributed by atoms with Crippen molar-refractivity contribution in [1.29, 1.82) is 0 Å². The Balaban J connectivity index is 0.000000980. The number of aromatic nitrogens is 2. The third-order valence-corrected chi connectivity index (χ3v) is 2.11. The lowest BCUT2D eigenvalue weighted by atomic mass is 10.2. The number of imidazole rings is 1. The number of nitrogens with zero attached hydrogens (tertiary/aromatic N) is 1. The van der Waals surface area contributed by atoms with Crippen LogP contribution in [0.15, 0.2) is 36.5 Å². The second kappa shape index (κ2) is 5.03. The Morgan fingerprint density at radius 3 is 2.50 bits per heavy atom. The molecule has 1 N–H and O–H groups in total. The first-order chi connectivity index (χ1) is 6.40. The van der Waals surface area contributed by atoms with Crippen molar-refractivity contribution in [2.45, 2.75) is 5.88 Å². The highest BCUT2D eigenvalue weighted by molar-refractivity contribution is 6.16. The minimum atomic E-state index is 0. The number of aromatic amines is 1. The predicted molar refractivity (Wildman–Crippen MR) is 60.8 cm³/mol. The Labute approximate surface area is 93.7 Å². The molecule has 0 fully saturated rings. The summed E-state index contributed by atoms with van der Waals surface area (Å²) in [5, 5.41) is 0. The summed E-state index contributed by atoms with van der Waals surface area (Å²) in [6.45, 7) is 0. The van der Waals surface area contributed by atoms with E-state index in [0.717, 1.165) is 17.1 Å². The molecule has 0 aliphatic carbocycles. The lowest BCUT2D eigenvalue weighted by Crippen LogP contribution is -1.80. The average Bonchev–Trinajstić information content (AvgIpc) is 2.67. The molecule has 14 heavy (non-hydrogen) atoms. The third-order valence-electron chi connectivity index (χ3n) is 1.82. The van der Waals surface area contributed by atoms with E-state index in [1.807, 2.05) is 30.3 Å². The molecular weight excluding hydrogens is 219 g/mol. The van der Waals surface area contributed by atoms with Gasteiger partial charge in [-0.25, -0.2) is 4.98 Å². The summed E-state index contributed by atoms with van der Waals surface area (Å²) < 4.78 is 0. The van der Waals surface area contributed by atoms with E-state index in [2.05, 4.69) is 9.97 Å². The van der Waals surface area contributed by atoms with Crippen LogP contribution in [0.25, 0.3) is 11.4 Å². The minimum absolute atomic E-state index is 0. The molecule has 2 rings (SSSR count). The molecule has 1 aromatic carbocycles. The van der Waals surface area contributed by atoms with Gasteiger partial charge in [0.2, 0.25) is 0 Å². The van der Waals surface area contributed by atoms with E-state index in [-0.39, 0.29) is 12.4 Å². The van der Waals surface area contributed by atoms with Gasteiger partial charge in [-0.15, -0.1) is 24.0 Å². The minimum Gasteiger partial charge on any atom is -0.341 e. The lowest BCUT2D eigenvalue weighted by molar-refractivity contribution is 1.22. The number of halogens is 2. The molecule has 0 radical (unpaired) electrons. The smallest absolute Gasteiger partial charge is 0.137 e. The number of benzene rings is 1. The van der Waals surface area contributed by atoms with E-state index in [9.17, 15) is 0 Å². The van der Waals surface area contributed by atoms with Crippen LogP contribution in [0.2, 0.25) is 0 Å². The zero-order valence-corrected chi connectivity index (χ0v) is 8.98. The fourth-order valence-electron chi connectivity index (χ4n) is 1.17. The molecule has 1 aromatic heterocycles. The molecule has 0 saturated carbocycles. The van der Waals surface area contributed by atoms with Gasteiger partial charge in [0.1, 0.15) is 5.82 Å². The van der Waals surface area contributed by atoms with Gasteiger partial charge in [0.25, 0.3) is 0 Å². The van der Waals surface area contributed by atoms with Crippen molar-refractivity contribution in [2.75, 3.05) is 0 Å². The normalized spacial score (nSPS) is 9.50. The van der Waals surface area contributed by atoms with Crippen molar-refractivity contribution in [1.82, 2.24) is 9.97 Å². The lowest BCUT2D eigenvalue weighted by Gasteiger charge is -1.94. The van der Waals surface area contributed by atoms with E-state index in [0.29, 0.717) is 5.88 Å². The highest BCUT2D eigenvalue weighted by atomic mass is 35.5. The highest BCUT2D eigenvalue weighted by Crippen LogP contribution is 2.15. The molecule has 0 bridgehead atoms. The molecule has 0 spiro atoms. The van der Waals surface area contributed by atoms with Crippen molar-refractivity contribution in [2.24, 2.45) is 0 Å². The molecule has 0 unspecified atom stereocenters. The Morgan fingerprint density at radius 2 is 1.93 bits per heavy atom. The highest BCUT2D eigenvalue weighted by Gasteiger charge is 2.00. The van der Waals surface area contributed by atoms with Crippen LogP contribution in [-0.2, 0) is 5.88 Å². The monoisotopic (exact) mass is 228 g/mol. The van der Waals surface area contributed by atoms with Crippen LogP contribution >= 0.6 is 24.0 Å². The standard InChI is InChI=1S/C10H9ClN2.ClH/c11-6-9-7-12-10(13-9)8-4-2-1-3-5-8;/h1-5,7H,6H2,(H,12,13);1H. The second-order valence-electron chi connectivity index (χ2n) is 2.76. The maximum atomic E-state index is 5.66. The second-order valence-corrected chi connectivity index (χ2v) is 3.02. The molecular formula is C10H10Cl2N2. The average molecular weight is 229 g/mol. The summed E-state index contributed by atoms with van der Waals surface area (Å²) in [5.74, 6) is 1.34. The topological polar surface area (TPSA) is 28.7 Å². The summed E-state index contributed by atoms with van der Waals surface area (Å²) in [6, 6.07) is 9.97. The van der Waals surface area contributed by atoms with E-state index < -0.39 is 0 Å². The van der Waals surface area contributed by atoms with Crippen LogP contribution < -0.4 is 0 Å². The molecule has 0 atom stereocenters. The number of hydrogen-bond acceptors (Lipinski definition) is 1. The van der Waals surface area contributed by atoms with Crippen molar-refractivity contribution >= 4 is 24.0 Å². The zero-order valence-electron chi connectivity index (χ0n) is 7.40. The summed E-state index contributed by atoms with van der Waals surface area (Å²) in [6.07, 6.45) is 1.76. The van der Waals surface area contributed by atoms with Crippen LogP contribution in [0.4, 0.5) is 0 Å². The van der Waals surface area contributed by atoms with E-state index in [4.69, 9.17) is 11.6 Å². The molecule has 2 aromatic rings. The molecule has 74 valence electrons. The van der Waals surface area contributed by atoms with Crippen LogP contribution in [0.3, 0.4) is 0 Å². The van der Waals surface area contributed by atoms with Gasteiger partial charge in [0.05, 0.1) is 5.88 Å². The molecule has 0 saturated heterocycles. The maximum absolute atomic E-state index is 5.66. The third kappa shape index (κ3) is 2.28. The molecule has 2 nitrogen and oxygen atoms in total. The summed E-state index contributed by atoms with van der Waals surface area (Å²) in [4.78, 5) is 7.35. The number of H-pyrrole nitrogens is 1. The van der Waals surface area contributed by atoms with Crippen LogP contribution in [-0.4, -0.2) is 9.97 Å². The van der Waals surface area contributed by atoms with Crippen molar-refractivity contribution in [3.05, 3.63) is 42.2 Å². The van der Waals surface area contributed by atoms with Gasteiger partial charge in [-0.3, -0.25) is 0 Å². The number of rotatable bonds is 2. The van der Waals surface area contributed by atoms with Crippen LogP contribution in [0, 0.1) is 0 Å². The van der Waals surface area contributed by atoms with Crippen molar-refractivity contribution < 1.29 is 0 Å². The summed E-state index contributed by atoms with van der Waals surface area (Å²) >= 11 is 5.66. The van der Waals surface area contributed by atoms with Gasteiger partial charge in [-0.05, 0) is 0 Å². The zero-order chi connectivity index (χ0) is 9.10. The molecule has 0 aliphatic heterocycles. The maximum Gasteiger partial charge on any atom is 0.137 e. The first-order valence-electron chi connectivity index (χ1n) is 4.05. The number of nitrogens with one attached hydrogen (secondary N) is 1. The number of alkyl halides is 1. The van der Waals surface area contributed by atoms with Crippen molar-refractivity contribution in [3.8, 4) is 11.4 Å². The fourth-order valence-corrected chi connectivity index (χ4v) is 1.31. The van der Waals surface area contributed by atoms with E-state index >= 15 is 0 Å². The van der Waals surface area contributed by atoms with Gasteiger partial charge < -0.3 is 4.98 Å². The van der Waals surface area contributed by atoms with Gasteiger partial charge >= 0.3 is 0 Å². The van der Waals surface area contributed by atoms with Crippen LogP contribution in [0.5, 0.6) is 0 Å². The molecule has 0 amide bonds. The SMILES string of the molecule is Cl.ClCc1cnc(-c2ccccc2)[nH]1. The van der Waals surface area contributed by atoms with Gasteiger partial charge in [0.15, 0.2) is 0 Å². The molecule has 1 heterocycles. The first kappa shape index (κ1) is 11.1. The summed E-state index contributed by atoms with van der Waals surface area (Å²) in [5.41, 5.74) is 2.03. The molecule has 0 aliphatic rings. The Bertz CT molecular complexity index is 384. The largest absolute Gasteiger partial charge is 0.341 e. The summed E-state index contributed by atoms with van der Waals surface area (Å²) in [7, 11) is 0. The molecule has 4 heteroatoms. The van der Waals surface area contributed by atoms with Gasteiger partial charge in [-0.1, -0.05) is 30.3 Å². The van der Waals surface area contributed by atoms with E-state index in [1.165, 1.54) is 0 Å². The Kier molecular flexibility index (Phi) is 3.98. The van der Waals surface area contributed by atoms with Crippen molar-refractivity contribution in [3.63, 3.8) is 0 Å². The fraction of sp³-hybridized carbons (Fsp3) is 0.100.